The van der Waals surface area contributed by atoms with Crippen molar-refractivity contribution >= 4 is 5.82 Å². The lowest BCUT2D eigenvalue weighted by molar-refractivity contribution is 0.532. The molecule has 6 nitrogen and oxygen atoms in total. The van der Waals surface area contributed by atoms with Crippen molar-refractivity contribution in [3.63, 3.8) is 0 Å². The number of nitrogen functional groups attached to an aromatic ring is 1. The number of anilines is 1. The van der Waals surface area contributed by atoms with Crippen molar-refractivity contribution in [2.45, 2.75) is 45.6 Å². The standard InChI is InChI=1S/C14H20N6/c1-9(2)20-8-10(7-16-20)13-17-12-6-4-3-5-11(12)14(18-13)19-15/h7-9H,3-6,15H2,1-2H3,(H,17,18,19). The Morgan fingerprint density at radius 3 is 2.75 bits per heavy atom. The van der Waals surface area contributed by atoms with Gasteiger partial charge < -0.3 is 5.43 Å². The van der Waals surface area contributed by atoms with Crippen molar-refractivity contribution in [3.8, 4) is 11.4 Å². The molecular formula is C14H20N6. The van der Waals surface area contributed by atoms with E-state index in [2.05, 4.69) is 29.4 Å². The Kier molecular flexibility index (Phi) is 3.40. The van der Waals surface area contributed by atoms with Gasteiger partial charge in [0.15, 0.2) is 5.82 Å². The van der Waals surface area contributed by atoms with Crippen LogP contribution in [0.25, 0.3) is 11.4 Å². The van der Waals surface area contributed by atoms with Gasteiger partial charge in [-0.2, -0.15) is 5.10 Å². The Morgan fingerprint density at radius 1 is 1.25 bits per heavy atom. The second-order valence-electron chi connectivity index (χ2n) is 5.48. The lowest BCUT2D eigenvalue weighted by Crippen LogP contribution is -2.17. The molecule has 0 saturated heterocycles. The number of nitrogens with zero attached hydrogens (tertiary/aromatic N) is 4. The first kappa shape index (κ1) is 13.1. The van der Waals surface area contributed by atoms with Crippen LogP contribution in [0.4, 0.5) is 5.82 Å². The Bertz CT molecular complexity index is 599. The summed E-state index contributed by atoms with van der Waals surface area (Å²) in [7, 11) is 0. The van der Waals surface area contributed by atoms with Crippen LogP contribution in [0.2, 0.25) is 0 Å². The van der Waals surface area contributed by atoms with E-state index in [4.69, 9.17) is 10.8 Å². The maximum absolute atomic E-state index is 5.61. The number of nitrogens with two attached hydrogens (primary N) is 1. The fourth-order valence-electron chi connectivity index (χ4n) is 2.58. The second-order valence-corrected chi connectivity index (χ2v) is 5.48. The first-order chi connectivity index (χ1) is 9.69. The molecule has 0 fully saturated rings. The fraction of sp³-hybridized carbons (Fsp3) is 0.500. The normalized spacial score (nSPS) is 14.4. The minimum Gasteiger partial charge on any atom is -0.308 e. The van der Waals surface area contributed by atoms with Crippen LogP contribution < -0.4 is 11.3 Å². The zero-order valence-electron chi connectivity index (χ0n) is 11.9. The zero-order valence-corrected chi connectivity index (χ0v) is 11.9. The molecule has 0 unspecified atom stereocenters. The van der Waals surface area contributed by atoms with Crippen LogP contribution >= 0.6 is 0 Å². The molecule has 2 aromatic heterocycles. The SMILES string of the molecule is CC(C)n1cc(-c2nc3c(c(NN)n2)CCCC3)cn1. The van der Waals surface area contributed by atoms with Gasteiger partial charge in [0.1, 0.15) is 5.82 Å². The van der Waals surface area contributed by atoms with Gasteiger partial charge in [-0.25, -0.2) is 15.8 Å². The van der Waals surface area contributed by atoms with E-state index in [1.54, 1.807) is 0 Å². The third kappa shape index (κ3) is 2.27. The molecule has 0 aromatic carbocycles. The summed E-state index contributed by atoms with van der Waals surface area (Å²) in [6, 6.07) is 0.327. The maximum atomic E-state index is 5.61. The molecule has 0 radical (unpaired) electrons. The van der Waals surface area contributed by atoms with E-state index < -0.39 is 0 Å². The van der Waals surface area contributed by atoms with Crippen molar-refractivity contribution in [2.24, 2.45) is 5.84 Å². The minimum atomic E-state index is 0.327. The maximum Gasteiger partial charge on any atom is 0.165 e. The van der Waals surface area contributed by atoms with E-state index in [9.17, 15) is 0 Å². The number of aromatic nitrogens is 4. The lowest BCUT2D eigenvalue weighted by Gasteiger charge is -2.18. The van der Waals surface area contributed by atoms with Gasteiger partial charge in [0, 0.05) is 23.5 Å². The summed E-state index contributed by atoms with van der Waals surface area (Å²) < 4.78 is 1.91. The molecule has 2 aromatic rings. The number of rotatable bonds is 3. The molecule has 2 heterocycles. The highest BCUT2D eigenvalue weighted by molar-refractivity contribution is 5.58. The second kappa shape index (κ2) is 5.20. The van der Waals surface area contributed by atoms with E-state index >= 15 is 0 Å². The van der Waals surface area contributed by atoms with Gasteiger partial charge in [-0.15, -0.1) is 0 Å². The van der Waals surface area contributed by atoms with Crippen LogP contribution in [-0.2, 0) is 12.8 Å². The summed E-state index contributed by atoms with van der Waals surface area (Å²) in [5, 5.41) is 4.34. The first-order valence-electron chi connectivity index (χ1n) is 7.10. The summed E-state index contributed by atoms with van der Waals surface area (Å²) in [4.78, 5) is 9.25. The van der Waals surface area contributed by atoms with Gasteiger partial charge in [-0.3, -0.25) is 4.68 Å². The molecule has 3 rings (SSSR count). The number of nitrogens with one attached hydrogen (secondary N) is 1. The Balaban J connectivity index is 2.04. The van der Waals surface area contributed by atoms with Gasteiger partial charge >= 0.3 is 0 Å². The molecule has 0 bridgehead atoms. The molecule has 1 aliphatic rings. The first-order valence-corrected chi connectivity index (χ1v) is 7.10. The van der Waals surface area contributed by atoms with Crippen molar-refractivity contribution in [1.82, 2.24) is 19.7 Å². The Hall–Kier alpha value is -1.95. The number of fused-ring (bicyclic) bond motifs is 1. The molecule has 0 saturated carbocycles. The summed E-state index contributed by atoms with van der Waals surface area (Å²) >= 11 is 0. The molecule has 0 amide bonds. The predicted octanol–water partition coefficient (Wildman–Crippen LogP) is 2.09. The molecule has 6 heteroatoms. The van der Waals surface area contributed by atoms with E-state index in [1.165, 1.54) is 18.4 Å². The molecule has 3 N–H and O–H groups in total. The highest BCUT2D eigenvalue weighted by Crippen LogP contribution is 2.28. The number of hydrogen-bond donors (Lipinski definition) is 2. The quantitative estimate of drug-likeness (QED) is 0.660. The molecule has 0 spiro atoms. The van der Waals surface area contributed by atoms with Gasteiger partial charge in [-0.1, -0.05) is 0 Å². The van der Waals surface area contributed by atoms with Crippen LogP contribution in [0.5, 0.6) is 0 Å². The van der Waals surface area contributed by atoms with Crippen LogP contribution in [0, 0.1) is 0 Å². The summed E-state index contributed by atoms with van der Waals surface area (Å²) in [6.07, 6.45) is 8.15. The van der Waals surface area contributed by atoms with E-state index in [1.807, 2.05) is 17.1 Å². The van der Waals surface area contributed by atoms with E-state index in [0.717, 1.165) is 29.9 Å². The topological polar surface area (TPSA) is 81.7 Å². The molecule has 0 atom stereocenters. The highest BCUT2D eigenvalue weighted by atomic mass is 15.3. The van der Waals surface area contributed by atoms with Crippen LogP contribution in [-0.4, -0.2) is 19.7 Å². The van der Waals surface area contributed by atoms with Gasteiger partial charge in [0.2, 0.25) is 0 Å². The number of aryl methyl sites for hydroxylation is 1. The third-order valence-electron chi connectivity index (χ3n) is 3.71. The summed E-state index contributed by atoms with van der Waals surface area (Å²) in [6.45, 7) is 4.19. The smallest absolute Gasteiger partial charge is 0.165 e. The summed E-state index contributed by atoms with van der Waals surface area (Å²) in [5.74, 6) is 7.06. The molecule has 106 valence electrons. The number of hydrazine groups is 1. The Morgan fingerprint density at radius 2 is 2.05 bits per heavy atom. The van der Waals surface area contributed by atoms with Gasteiger partial charge in [0.05, 0.1) is 11.8 Å². The van der Waals surface area contributed by atoms with Crippen LogP contribution in [0.15, 0.2) is 12.4 Å². The van der Waals surface area contributed by atoms with Gasteiger partial charge in [-0.05, 0) is 39.5 Å². The van der Waals surface area contributed by atoms with Crippen molar-refractivity contribution < 1.29 is 0 Å². The minimum absolute atomic E-state index is 0.327. The zero-order chi connectivity index (χ0) is 14.1. The lowest BCUT2D eigenvalue weighted by atomic mass is 9.96. The van der Waals surface area contributed by atoms with Crippen LogP contribution in [0.3, 0.4) is 0 Å². The predicted molar refractivity (Wildman–Crippen MR) is 78.1 cm³/mol. The fourth-order valence-corrected chi connectivity index (χ4v) is 2.58. The third-order valence-corrected chi connectivity index (χ3v) is 3.71. The highest BCUT2D eigenvalue weighted by Gasteiger charge is 2.18. The van der Waals surface area contributed by atoms with Crippen LogP contribution in [0.1, 0.15) is 44.0 Å². The average Bonchev–Trinajstić information content (AvgIpc) is 2.96. The molecule has 1 aliphatic carbocycles. The van der Waals surface area contributed by atoms with Crippen molar-refractivity contribution in [3.05, 3.63) is 23.7 Å². The largest absolute Gasteiger partial charge is 0.308 e. The molecule has 0 aliphatic heterocycles. The molecule has 20 heavy (non-hydrogen) atoms. The average molecular weight is 272 g/mol. The molecular weight excluding hydrogens is 252 g/mol. The van der Waals surface area contributed by atoms with Crippen molar-refractivity contribution in [1.29, 1.82) is 0 Å². The van der Waals surface area contributed by atoms with E-state index in [0.29, 0.717) is 11.9 Å². The summed E-state index contributed by atoms with van der Waals surface area (Å²) in [5.41, 5.74) is 5.93. The van der Waals surface area contributed by atoms with Crippen molar-refractivity contribution in [2.75, 3.05) is 5.43 Å². The van der Waals surface area contributed by atoms with Gasteiger partial charge in [0.25, 0.3) is 0 Å². The van der Waals surface area contributed by atoms with E-state index in [-0.39, 0.29) is 0 Å². The Labute approximate surface area is 118 Å². The monoisotopic (exact) mass is 272 g/mol. The number of hydrogen-bond acceptors (Lipinski definition) is 5.